The third kappa shape index (κ3) is 3.63. The van der Waals surface area contributed by atoms with E-state index in [1.165, 1.54) is 11.8 Å². The molecule has 28 heavy (non-hydrogen) atoms. The van der Waals surface area contributed by atoms with E-state index in [9.17, 15) is 13.2 Å². The Labute approximate surface area is 162 Å². The largest absolute Gasteiger partial charge is 0.361 e. The van der Waals surface area contributed by atoms with Gasteiger partial charge in [0.05, 0.1) is 16.8 Å². The van der Waals surface area contributed by atoms with Gasteiger partial charge in [-0.3, -0.25) is 9.52 Å². The number of fused-ring (bicyclic) bond motifs is 1. The minimum Gasteiger partial charge on any atom is -0.361 e. The Hall–Kier alpha value is -3.13. The van der Waals surface area contributed by atoms with Crippen LogP contribution in [0, 0.1) is 6.92 Å². The molecular weight excluding hydrogens is 378 g/mol. The van der Waals surface area contributed by atoms with Gasteiger partial charge in [0, 0.05) is 5.69 Å². The smallest absolute Gasteiger partial charge is 0.261 e. The molecule has 1 aliphatic carbocycles. The van der Waals surface area contributed by atoms with Crippen molar-refractivity contribution in [3.05, 3.63) is 71.1 Å². The molecule has 144 valence electrons. The van der Waals surface area contributed by atoms with Crippen molar-refractivity contribution in [2.24, 2.45) is 0 Å². The molecule has 2 N–H and O–H groups in total. The maximum Gasteiger partial charge on any atom is 0.261 e. The van der Waals surface area contributed by atoms with Crippen LogP contribution in [0.15, 0.2) is 58.1 Å². The molecule has 0 saturated heterocycles. The summed E-state index contributed by atoms with van der Waals surface area (Å²) in [6, 6.07) is 11.8. The van der Waals surface area contributed by atoms with Crippen molar-refractivity contribution in [1.82, 2.24) is 5.16 Å². The molecule has 4 rings (SSSR count). The molecule has 7 nitrogen and oxygen atoms in total. The fraction of sp³-hybridized carbons (Fsp3) is 0.200. The lowest BCUT2D eigenvalue weighted by Crippen LogP contribution is -2.15. The van der Waals surface area contributed by atoms with Crippen molar-refractivity contribution in [3.8, 4) is 0 Å². The molecule has 1 amide bonds. The SMILES string of the molecule is Cc1oncc1C(=O)Nc1cccc(NS(=O)(=O)c2ccc3c(c2)CCC3)c1. The van der Waals surface area contributed by atoms with Crippen LogP contribution in [0.1, 0.15) is 33.7 Å². The minimum absolute atomic E-state index is 0.239. The number of rotatable bonds is 5. The van der Waals surface area contributed by atoms with Crippen LogP contribution >= 0.6 is 0 Å². The first-order valence-electron chi connectivity index (χ1n) is 8.90. The van der Waals surface area contributed by atoms with E-state index in [0.29, 0.717) is 22.7 Å². The monoisotopic (exact) mass is 397 g/mol. The van der Waals surface area contributed by atoms with Crippen molar-refractivity contribution >= 4 is 27.3 Å². The van der Waals surface area contributed by atoms with Gasteiger partial charge in [-0.15, -0.1) is 0 Å². The van der Waals surface area contributed by atoms with Crippen molar-refractivity contribution in [1.29, 1.82) is 0 Å². The van der Waals surface area contributed by atoms with Gasteiger partial charge in [-0.25, -0.2) is 8.42 Å². The summed E-state index contributed by atoms with van der Waals surface area (Å²) in [5.41, 5.74) is 3.45. The number of aromatic nitrogens is 1. The van der Waals surface area contributed by atoms with Crippen LogP contribution in [0.25, 0.3) is 0 Å². The summed E-state index contributed by atoms with van der Waals surface area (Å²) in [4.78, 5) is 12.5. The number of nitrogens with zero attached hydrogens (tertiary/aromatic N) is 1. The van der Waals surface area contributed by atoms with Gasteiger partial charge in [-0.1, -0.05) is 17.3 Å². The summed E-state index contributed by atoms with van der Waals surface area (Å²) in [7, 11) is -3.72. The molecule has 0 atom stereocenters. The number of amides is 1. The molecule has 1 aromatic heterocycles. The number of carbonyl (C=O) groups is 1. The van der Waals surface area contributed by atoms with Crippen LogP contribution in [-0.2, 0) is 22.9 Å². The predicted octanol–water partition coefficient (Wildman–Crippen LogP) is 3.52. The highest BCUT2D eigenvalue weighted by Crippen LogP contribution is 2.26. The molecule has 1 aliphatic rings. The molecule has 0 spiro atoms. The molecule has 0 bridgehead atoms. The third-order valence-corrected chi connectivity index (χ3v) is 6.13. The van der Waals surface area contributed by atoms with Crippen LogP contribution in [0.2, 0.25) is 0 Å². The van der Waals surface area contributed by atoms with Crippen molar-refractivity contribution in [2.45, 2.75) is 31.1 Å². The lowest BCUT2D eigenvalue weighted by Gasteiger charge is -2.11. The zero-order chi connectivity index (χ0) is 19.7. The molecule has 0 aliphatic heterocycles. The van der Waals surface area contributed by atoms with E-state index in [-0.39, 0.29) is 10.8 Å². The zero-order valence-corrected chi connectivity index (χ0v) is 16.0. The summed E-state index contributed by atoms with van der Waals surface area (Å²) >= 11 is 0. The number of hydrogen-bond acceptors (Lipinski definition) is 5. The molecule has 2 aromatic carbocycles. The van der Waals surface area contributed by atoms with Gasteiger partial charge in [0.1, 0.15) is 11.3 Å². The summed E-state index contributed by atoms with van der Waals surface area (Å²) in [6.45, 7) is 1.64. The number of benzene rings is 2. The van der Waals surface area contributed by atoms with E-state index >= 15 is 0 Å². The van der Waals surface area contributed by atoms with Gasteiger partial charge in [0.15, 0.2) is 0 Å². The van der Waals surface area contributed by atoms with Gasteiger partial charge in [0.2, 0.25) is 0 Å². The lowest BCUT2D eigenvalue weighted by molar-refractivity contribution is 0.102. The van der Waals surface area contributed by atoms with Gasteiger partial charge in [-0.05, 0) is 67.6 Å². The highest BCUT2D eigenvalue weighted by Gasteiger charge is 2.19. The summed E-state index contributed by atoms with van der Waals surface area (Å²) in [5, 5.41) is 6.29. The van der Waals surface area contributed by atoms with Gasteiger partial charge in [0.25, 0.3) is 15.9 Å². The molecular formula is C20H19N3O4S. The molecule has 0 unspecified atom stereocenters. The number of nitrogens with one attached hydrogen (secondary N) is 2. The van der Waals surface area contributed by atoms with Crippen molar-refractivity contribution < 1.29 is 17.7 Å². The maximum absolute atomic E-state index is 12.7. The van der Waals surface area contributed by atoms with E-state index in [1.807, 2.05) is 6.07 Å². The zero-order valence-electron chi connectivity index (χ0n) is 15.2. The number of anilines is 2. The topological polar surface area (TPSA) is 101 Å². The number of sulfonamides is 1. The van der Waals surface area contributed by atoms with Crippen LogP contribution < -0.4 is 10.0 Å². The molecule has 0 saturated carbocycles. The van der Waals surface area contributed by atoms with E-state index in [2.05, 4.69) is 15.2 Å². The first-order chi connectivity index (χ1) is 13.4. The van der Waals surface area contributed by atoms with Gasteiger partial charge >= 0.3 is 0 Å². The first-order valence-corrected chi connectivity index (χ1v) is 10.4. The normalized spacial score (nSPS) is 13.2. The summed E-state index contributed by atoms with van der Waals surface area (Å²) in [6.07, 6.45) is 4.30. The minimum atomic E-state index is -3.72. The van der Waals surface area contributed by atoms with Gasteiger partial charge < -0.3 is 9.84 Å². The standard InChI is InChI=1S/C20H19N3O4S/c1-13-19(12-21-27-13)20(24)22-16-6-3-7-17(11-16)23-28(25,26)18-9-8-14-4-2-5-15(14)10-18/h3,6-12,23H,2,4-5H2,1H3,(H,22,24). The fourth-order valence-corrected chi connectivity index (χ4v) is 4.40. The second-order valence-electron chi connectivity index (χ2n) is 6.72. The number of hydrogen-bond donors (Lipinski definition) is 2. The molecule has 1 heterocycles. The quantitative estimate of drug-likeness (QED) is 0.686. The summed E-state index contributed by atoms with van der Waals surface area (Å²) in [5.74, 6) is 0.0309. The van der Waals surface area contributed by atoms with Crippen LogP contribution in [0.4, 0.5) is 11.4 Å². The molecule has 8 heteroatoms. The molecule has 3 aromatic rings. The van der Waals surface area contributed by atoms with E-state index in [4.69, 9.17) is 4.52 Å². The highest BCUT2D eigenvalue weighted by atomic mass is 32.2. The Morgan fingerprint density at radius 3 is 2.64 bits per heavy atom. The van der Waals surface area contributed by atoms with Crippen molar-refractivity contribution in [3.63, 3.8) is 0 Å². The Balaban J connectivity index is 1.53. The first kappa shape index (κ1) is 18.2. The second-order valence-corrected chi connectivity index (χ2v) is 8.40. The number of aryl methyl sites for hydroxylation is 3. The average molecular weight is 397 g/mol. The fourth-order valence-electron chi connectivity index (χ4n) is 3.30. The third-order valence-electron chi connectivity index (χ3n) is 4.75. The van der Waals surface area contributed by atoms with E-state index in [0.717, 1.165) is 24.8 Å². The summed E-state index contributed by atoms with van der Waals surface area (Å²) < 4.78 is 33.0. The lowest BCUT2D eigenvalue weighted by atomic mass is 10.1. The number of carbonyl (C=O) groups excluding carboxylic acids is 1. The Morgan fingerprint density at radius 2 is 1.86 bits per heavy atom. The predicted molar refractivity (Wildman–Crippen MR) is 105 cm³/mol. The Morgan fingerprint density at radius 1 is 1.07 bits per heavy atom. The van der Waals surface area contributed by atoms with Crippen molar-refractivity contribution in [2.75, 3.05) is 10.0 Å². The van der Waals surface area contributed by atoms with Crippen LogP contribution in [-0.4, -0.2) is 19.5 Å². The highest BCUT2D eigenvalue weighted by molar-refractivity contribution is 7.92. The van der Waals surface area contributed by atoms with Crippen LogP contribution in [0.3, 0.4) is 0 Å². The Bertz CT molecular complexity index is 1150. The molecule has 0 fully saturated rings. The maximum atomic E-state index is 12.7. The molecule has 0 radical (unpaired) electrons. The second kappa shape index (κ2) is 7.12. The van der Waals surface area contributed by atoms with Crippen LogP contribution in [0.5, 0.6) is 0 Å². The Kier molecular flexibility index (Phi) is 4.64. The average Bonchev–Trinajstić information content (AvgIpc) is 3.29. The van der Waals surface area contributed by atoms with E-state index in [1.54, 1.807) is 43.3 Å². The van der Waals surface area contributed by atoms with E-state index < -0.39 is 10.0 Å². The van der Waals surface area contributed by atoms with Gasteiger partial charge in [-0.2, -0.15) is 0 Å².